The molecule has 0 aliphatic rings. The summed E-state index contributed by atoms with van der Waals surface area (Å²) in [6.45, 7) is 2.02. The second-order valence-electron chi connectivity index (χ2n) is 4.23. The van der Waals surface area contributed by atoms with Gasteiger partial charge in [0.15, 0.2) is 0 Å². The molecule has 1 unspecified atom stereocenters. The van der Waals surface area contributed by atoms with E-state index in [1.165, 1.54) is 12.1 Å². The van der Waals surface area contributed by atoms with Crippen molar-refractivity contribution in [2.24, 2.45) is 0 Å². The highest BCUT2D eigenvalue weighted by Crippen LogP contribution is 2.40. The molecular weight excluding hydrogens is 375 g/mol. The van der Waals surface area contributed by atoms with Gasteiger partial charge >= 0.3 is 0 Å². The molecule has 0 amide bonds. The summed E-state index contributed by atoms with van der Waals surface area (Å²) in [6.07, 6.45) is 0. The van der Waals surface area contributed by atoms with Crippen LogP contribution in [-0.4, -0.2) is 7.11 Å². The highest BCUT2D eigenvalue weighted by Gasteiger charge is 2.19. The van der Waals surface area contributed by atoms with Crippen molar-refractivity contribution in [2.45, 2.75) is 11.8 Å². The van der Waals surface area contributed by atoms with Crippen LogP contribution in [-0.2, 0) is 0 Å². The first-order chi connectivity index (χ1) is 9.04. The van der Waals surface area contributed by atoms with Crippen LogP contribution in [0.25, 0.3) is 0 Å². The van der Waals surface area contributed by atoms with Gasteiger partial charge in [0.25, 0.3) is 0 Å². The molecule has 0 saturated heterocycles. The van der Waals surface area contributed by atoms with Crippen LogP contribution in [0, 0.1) is 12.7 Å². The summed E-state index contributed by atoms with van der Waals surface area (Å²) in [5, 5.41) is 0. The van der Waals surface area contributed by atoms with Crippen LogP contribution in [0.5, 0.6) is 5.75 Å². The van der Waals surface area contributed by atoms with E-state index in [-0.39, 0.29) is 10.6 Å². The number of methoxy groups -OCH3 is 1. The zero-order valence-corrected chi connectivity index (χ0v) is 13.8. The molecular formula is C15H13Br2FO. The lowest BCUT2D eigenvalue weighted by molar-refractivity contribution is 0.409. The quantitative estimate of drug-likeness (QED) is 0.641. The molecule has 2 rings (SSSR count). The number of hydrogen-bond donors (Lipinski definition) is 0. The fraction of sp³-hybridized carbons (Fsp3) is 0.200. The molecule has 0 bridgehead atoms. The van der Waals surface area contributed by atoms with Gasteiger partial charge in [0, 0.05) is 10.0 Å². The molecule has 0 saturated carbocycles. The van der Waals surface area contributed by atoms with Crippen LogP contribution < -0.4 is 4.74 Å². The fourth-order valence-corrected chi connectivity index (χ4v) is 3.48. The zero-order valence-electron chi connectivity index (χ0n) is 10.6. The van der Waals surface area contributed by atoms with Crippen molar-refractivity contribution in [3.05, 3.63) is 63.4 Å². The number of halogens is 3. The number of hydrogen-bond acceptors (Lipinski definition) is 1. The zero-order chi connectivity index (χ0) is 14.0. The Labute approximate surface area is 129 Å². The first-order valence-corrected chi connectivity index (χ1v) is 7.48. The maximum Gasteiger partial charge on any atom is 0.123 e. The molecule has 0 spiro atoms. The normalized spacial score (nSPS) is 12.3. The predicted molar refractivity (Wildman–Crippen MR) is 82.6 cm³/mol. The van der Waals surface area contributed by atoms with Crippen LogP contribution in [0.3, 0.4) is 0 Å². The number of ether oxygens (including phenoxy) is 1. The Bertz CT molecular complexity index is 599. The fourth-order valence-electron chi connectivity index (χ4n) is 1.94. The van der Waals surface area contributed by atoms with Gasteiger partial charge in [-0.2, -0.15) is 0 Å². The van der Waals surface area contributed by atoms with Gasteiger partial charge in [-0.15, -0.1) is 0 Å². The van der Waals surface area contributed by atoms with E-state index >= 15 is 0 Å². The highest BCUT2D eigenvalue weighted by molar-refractivity contribution is 9.11. The van der Waals surface area contributed by atoms with Crippen LogP contribution >= 0.6 is 31.9 Å². The molecule has 1 atom stereocenters. The molecule has 0 fully saturated rings. The van der Waals surface area contributed by atoms with Crippen LogP contribution in [0.2, 0.25) is 0 Å². The molecule has 0 aliphatic heterocycles. The third-order valence-electron chi connectivity index (χ3n) is 2.96. The standard InChI is InChI=1S/C15H13Br2FO/c1-9-4-3-5-11(14(9)16)15(17)12-8-10(18)6-7-13(12)19-2/h3-8,15H,1-2H3. The summed E-state index contributed by atoms with van der Waals surface area (Å²) in [7, 11) is 1.59. The molecule has 0 radical (unpaired) electrons. The van der Waals surface area contributed by atoms with Crippen LogP contribution in [0.4, 0.5) is 4.39 Å². The van der Waals surface area contributed by atoms with Gasteiger partial charge < -0.3 is 4.74 Å². The van der Waals surface area contributed by atoms with Gasteiger partial charge in [0.2, 0.25) is 0 Å². The molecule has 19 heavy (non-hydrogen) atoms. The van der Waals surface area contributed by atoms with Gasteiger partial charge in [-0.05, 0) is 36.2 Å². The van der Waals surface area contributed by atoms with E-state index in [1.54, 1.807) is 13.2 Å². The van der Waals surface area contributed by atoms with E-state index in [0.29, 0.717) is 5.75 Å². The Morgan fingerprint density at radius 3 is 2.58 bits per heavy atom. The van der Waals surface area contributed by atoms with Crippen molar-refractivity contribution < 1.29 is 9.13 Å². The molecule has 1 nitrogen and oxygen atoms in total. The first kappa shape index (κ1) is 14.5. The topological polar surface area (TPSA) is 9.23 Å². The molecule has 0 aromatic heterocycles. The lowest BCUT2D eigenvalue weighted by Crippen LogP contribution is -1.99. The number of rotatable bonds is 3. The van der Waals surface area contributed by atoms with Gasteiger partial charge in [-0.1, -0.05) is 50.1 Å². The average molecular weight is 388 g/mol. The first-order valence-electron chi connectivity index (χ1n) is 5.77. The van der Waals surface area contributed by atoms with Crippen molar-refractivity contribution in [3.63, 3.8) is 0 Å². The molecule has 100 valence electrons. The third kappa shape index (κ3) is 3.00. The Balaban J connectivity index is 2.52. The average Bonchev–Trinajstić information content (AvgIpc) is 2.41. The van der Waals surface area contributed by atoms with Gasteiger partial charge in [-0.3, -0.25) is 0 Å². The molecule has 0 N–H and O–H groups in total. The summed E-state index contributed by atoms with van der Waals surface area (Å²) in [4.78, 5) is -0.132. The monoisotopic (exact) mass is 386 g/mol. The smallest absolute Gasteiger partial charge is 0.123 e. The minimum Gasteiger partial charge on any atom is -0.496 e. The Morgan fingerprint density at radius 1 is 1.16 bits per heavy atom. The van der Waals surface area contributed by atoms with Crippen LogP contribution in [0.1, 0.15) is 21.5 Å². The number of aryl methyl sites for hydroxylation is 1. The van der Waals surface area contributed by atoms with Gasteiger partial charge in [0.05, 0.1) is 11.9 Å². The summed E-state index contributed by atoms with van der Waals surface area (Å²) in [5.41, 5.74) is 2.95. The Hall–Kier alpha value is -0.870. The molecule has 0 heterocycles. The van der Waals surface area contributed by atoms with E-state index < -0.39 is 0 Å². The summed E-state index contributed by atoms with van der Waals surface area (Å²) >= 11 is 7.21. The van der Waals surface area contributed by atoms with Crippen molar-refractivity contribution in [1.82, 2.24) is 0 Å². The van der Waals surface area contributed by atoms with E-state index in [0.717, 1.165) is 21.2 Å². The second-order valence-corrected chi connectivity index (χ2v) is 5.94. The van der Waals surface area contributed by atoms with Crippen molar-refractivity contribution in [3.8, 4) is 5.75 Å². The summed E-state index contributed by atoms with van der Waals surface area (Å²) < 4.78 is 19.8. The minimum absolute atomic E-state index is 0.132. The largest absolute Gasteiger partial charge is 0.496 e. The predicted octanol–water partition coefficient (Wildman–Crippen LogP) is 5.39. The van der Waals surface area contributed by atoms with Crippen molar-refractivity contribution >= 4 is 31.9 Å². The van der Waals surface area contributed by atoms with E-state index in [9.17, 15) is 4.39 Å². The van der Waals surface area contributed by atoms with E-state index in [1.807, 2.05) is 25.1 Å². The maximum absolute atomic E-state index is 13.5. The van der Waals surface area contributed by atoms with Gasteiger partial charge in [0.1, 0.15) is 11.6 Å². The van der Waals surface area contributed by atoms with E-state index in [2.05, 4.69) is 31.9 Å². The lowest BCUT2D eigenvalue weighted by Gasteiger charge is -2.17. The molecule has 4 heteroatoms. The Kier molecular flexibility index (Phi) is 4.63. The molecule has 2 aromatic carbocycles. The summed E-state index contributed by atoms with van der Waals surface area (Å²) in [5.74, 6) is 0.390. The number of benzene rings is 2. The Morgan fingerprint density at radius 2 is 1.89 bits per heavy atom. The molecule has 0 aliphatic carbocycles. The SMILES string of the molecule is COc1ccc(F)cc1C(Br)c1cccc(C)c1Br. The van der Waals surface area contributed by atoms with Gasteiger partial charge in [-0.25, -0.2) is 4.39 Å². The molecule has 2 aromatic rings. The minimum atomic E-state index is -0.274. The van der Waals surface area contributed by atoms with E-state index in [4.69, 9.17) is 4.74 Å². The summed E-state index contributed by atoms with van der Waals surface area (Å²) in [6, 6.07) is 10.5. The van der Waals surface area contributed by atoms with Crippen LogP contribution in [0.15, 0.2) is 40.9 Å². The number of alkyl halides is 1. The highest BCUT2D eigenvalue weighted by atomic mass is 79.9. The van der Waals surface area contributed by atoms with Crippen molar-refractivity contribution in [2.75, 3.05) is 7.11 Å². The lowest BCUT2D eigenvalue weighted by atomic mass is 10.0. The second kappa shape index (κ2) is 6.06. The maximum atomic E-state index is 13.5. The third-order valence-corrected chi connectivity index (χ3v) is 5.03. The van der Waals surface area contributed by atoms with Crippen molar-refractivity contribution in [1.29, 1.82) is 0 Å².